The topological polar surface area (TPSA) is 32.3 Å². The molecule has 3 heterocycles. The maximum absolute atomic E-state index is 12.7. The van der Waals surface area contributed by atoms with Crippen molar-refractivity contribution in [2.24, 2.45) is 29.1 Å². The van der Waals surface area contributed by atoms with E-state index in [4.69, 9.17) is 0 Å². The van der Waals surface area contributed by atoms with Crippen LogP contribution >= 0.6 is 0 Å². The molecule has 4 saturated carbocycles. The third kappa shape index (κ3) is 2.31. The molecule has 6 bridgehead atoms. The molecule has 3 aliphatic heterocycles. The number of hydrogen-bond donors (Lipinski definition) is 1. The monoisotopic (exact) mass is 302 g/mol. The van der Waals surface area contributed by atoms with Gasteiger partial charge in [-0.25, -0.2) is 0 Å². The van der Waals surface area contributed by atoms with Crippen molar-refractivity contribution in [3.8, 4) is 0 Å². The highest BCUT2D eigenvalue weighted by molar-refractivity contribution is 5.77. The molecule has 0 aromatic carbocycles. The minimum Gasteiger partial charge on any atom is -0.352 e. The standard InChI is InChI=1S/C19H30N2O/c22-18(20-17-12-21-3-1-16(17)2-4-21)11-19-8-13-5-14(9-19)7-15(6-13)10-19/h13-17H,1-12H2,(H,20,22). The molecule has 0 spiro atoms. The molecule has 1 N–H and O–H groups in total. The fourth-order valence-electron chi connectivity index (χ4n) is 7.23. The van der Waals surface area contributed by atoms with Crippen LogP contribution in [0, 0.1) is 29.1 Å². The van der Waals surface area contributed by atoms with Crippen LogP contribution in [0.5, 0.6) is 0 Å². The third-order valence-corrected chi connectivity index (χ3v) is 7.70. The second kappa shape index (κ2) is 4.96. The highest BCUT2D eigenvalue weighted by Crippen LogP contribution is 2.61. The summed E-state index contributed by atoms with van der Waals surface area (Å²) >= 11 is 0. The summed E-state index contributed by atoms with van der Waals surface area (Å²) in [5.41, 5.74) is 0.396. The molecule has 0 radical (unpaired) electrons. The van der Waals surface area contributed by atoms with Crippen molar-refractivity contribution in [2.45, 2.75) is 63.8 Å². The van der Waals surface area contributed by atoms with Gasteiger partial charge >= 0.3 is 0 Å². The minimum atomic E-state index is 0.376. The first-order valence-corrected chi connectivity index (χ1v) is 9.69. The second-order valence-corrected chi connectivity index (χ2v) is 9.41. The van der Waals surface area contributed by atoms with Crippen LogP contribution in [0.15, 0.2) is 0 Å². The van der Waals surface area contributed by atoms with E-state index in [-0.39, 0.29) is 0 Å². The number of carbonyl (C=O) groups is 1. The average Bonchev–Trinajstić information content (AvgIpc) is 2.46. The predicted octanol–water partition coefficient (Wildman–Crippen LogP) is 2.80. The molecule has 3 nitrogen and oxygen atoms in total. The maximum atomic E-state index is 12.7. The van der Waals surface area contributed by atoms with E-state index in [1.165, 1.54) is 64.5 Å². The molecule has 0 aromatic rings. The Morgan fingerprint density at radius 1 is 1.00 bits per heavy atom. The Hall–Kier alpha value is -0.570. The van der Waals surface area contributed by atoms with E-state index < -0.39 is 0 Å². The van der Waals surface area contributed by atoms with Crippen LogP contribution in [0.25, 0.3) is 0 Å². The molecule has 7 rings (SSSR count). The van der Waals surface area contributed by atoms with E-state index in [0.29, 0.717) is 17.4 Å². The smallest absolute Gasteiger partial charge is 0.220 e. The Balaban J connectivity index is 1.23. The molecule has 7 aliphatic rings. The first-order chi connectivity index (χ1) is 10.7. The highest BCUT2D eigenvalue weighted by Gasteiger charge is 2.51. The number of rotatable bonds is 3. The number of amides is 1. The third-order valence-electron chi connectivity index (χ3n) is 7.70. The normalized spacial score (nSPS) is 52.0. The van der Waals surface area contributed by atoms with Gasteiger partial charge in [-0.1, -0.05) is 0 Å². The van der Waals surface area contributed by atoms with Crippen molar-refractivity contribution in [3.05, 3.63) is 0 Å². The van der Waals surface area contributed by atoms with Gasteiger partial charge in [0.1, 0.15) is 0 Å². The van der Waals surface area contributed by atoms with Gasteiger partial charge in [0, 0.05) is 19.0 Å². The Labute approximate surface area is 134 Å². The number of piperidine rings is 3. The molecule has 1 unspecified atom stereocenters. The number of nitrogens with one attached hydrogen (secondary N) is 1. The number of fused-ring (bicyclic) bond motifs is 3. The van der Waals surface area contributed by atoms with Crippen LogP contribution < -0.4 is 5.32 Å². The van der Waals surface area contributed by atoms with E-state index in [0.717, 1.165) is 36.6 Å². The van der Waals surface area contributed by atoms with Crippen LogP contribution in [-0.4, -0.2) is 36.5 Å². The van der Waals surface area contributed by atoms with Gasteiger partial charge in [0.15, 0.2) is 0 Å². The van der Waals surface area contributed by atoms with Crippen molar-refractivity contribution in [3.63, 3.8) is 0 Å². The van der Waals surface area contributed by atoms with Crippen LogP contribution in [0.1, 0.15) is 57.8 Å². The molecule has 4 aliphatic carbocycles. The lowest BCUT2D eigenvalue weighted by molar-refractivity contribution is -0.131. The van der Waals surface area contributed by atoms with E-state index in [9.17, 15) is 4.79 Å². The fraction of sp³-hybridized carbons (Fsp3) is 0.947. The Morgan fingerprint density at radius 3 is 2.09 bits per heavy atom. The van der Waals surface area contributed by atoms with Gasteiger partial charge in [-0.2, -0.15) is 0 Å². The lowest BCUT2D eigenvalue weighted by Gasteiger charge is -2.56. The summed E-state index contributed by atoms with van der Waals surface area (Å²) in [4.78, 5) is 15.3. The van der Waals surface area contributed by atoms with Crippen LogP contribution in [0.4, 0.5) is 0 Å². The zero-order valence-corrected chi connectivity index (χ0v) is 13.7. The van der Waals surface area contributed by atoms with Crippen LogP contribution in [-0.2, 0) is 4.79 Å². The summed E-state index contributed by atoms with van der Waals surface area (Å²) in [5, 5.41) is 3.44. The summed E-state index contributed by atoms with van der Waals surface area (Å²) in [6.45, 7) is 3.62. The summed E-state index contributed by atoms with van der Waals surface area (Å²) in [6.07, 6.45) is 11.9. The summed E-state index contributed by atoms with van der Waals surface area (Å²) < 4.78 is 0. The molecule has 1 amide bonds. The zero-order chi connectivity index (χ0) is 14.7. The van der Waals surface area contributed by atoms with Gasteiger partial charge in [0.25, 0.3) is 0 Å². The SMILES string of the molecule is O=C(CC12CC3CC(CC(C3)C1)C2)NC1CN2CCC1CC2. The molecule has 0 aromatic heterocycles. The minimum absolute atomic E-state index is 0.376. The largest absolute Gasteiger partial charge is 0.352 e. The van der Waals surface area contributed by atoms with Gasteiger partial charge in [0.05, 0.1) is 0 Å². The molecule has 7 fully saturated rings. The number of nitrogens with zero attached hydrogens (tertiary/aromatic N) is 1. The van der Waals surface area contributed by atoms with Crippen molar-refractivity contribution < 1.29 is 4.79 Å². The summed E-state index contributed by atoms with van der Waals surface area (Å²) in [5.74, 6) is 3.99. The quantitative estimate of drug-likeness (QED) is 0.869. The van der Waals surface area contributed by atoms with Gasteiger partial charge in [-0.15, -0.1) is 0 Å². The molecule has 3 heteroatoms. The summed E-state index contributed by atoms with van der Waals surface area (Å²) in [6, 6.07) is 0.448. The molecular formula is C19H30N2O. The van der Waals surface area contributed by atoms with E-state index in [1.54, 1.807) is 0 Å². The van der Waals surface area contributed by atoms with E-state index >= 15 is 0 Å². The predicted molar refractivity (Wildman–Crippen MR) is 86.3 cm³/mol. The van der Waals surface area contributed by atoms with Crippen molar-refractivity contribution in [1.82, 2.24) is 10.2 Å². The van der Waals surface area contributed by atoms with Crippen molar-refractivity contribution >= 4 is 5.91 Å². The highest BCUT2D eigenvalue weighted by atomic mass is 16.1. The van der Waals surface area contributed by atoms with Crippen molar-refractivity contribution in [1.29, 1.82) is 0 Å². The van der Waals surface area contributed by atoms with Crippen LogP contribution in [0.2, 0.25) is 0 Å². The molecule has 1 atom stereocenters. The lowest BCUT2D eigenvalue weighted by Crippen LogP contribution is -2.58. The van der Waals surface area contributed by atoms with Crippen LogP contribution in [0.3, 0.4) is 0 Å². The Bertz CT molecular complexity index is 431. The molecule has 22 heavy (non-hydrogen) atoms. The molecule has 3 saturated heterocycles. The maximum Gasteiger partial charge on any atom is 0.220 e. The summed E-state index contributed by atoms with van der Waals surface area (Å²) in [7, 11) is 0. The number of hydrogen-bond acceptors (Lipinski definition) is 2. The molecular weight excluding hydrogens is 272 g/mol. The van der Waals surface area contributed by atoms with Gasteiger partial charge in [0.2, 0.25) is 5.91 Å². The Kier molecular flexibility index (Phi) is 3.12. The van der Waals surface area contributed by atoms with E-state index in [2.05, 4.69) is 10.2 Å². The fourth-order valence-corrected chi connectivity index (χ4v) is 7.23. The first-order valence-electron chi connectivity index (χ1n) is 9.69. The second-order valence-electron chi connectivity index (χ2n) is 9.41. The number of carbonyl (C=O) groups excluding carboxylic acids is 1. The van der Waals surface area contributed by atoms with Crippen molar-refractivity contribution in [2.75, 3.05) is 19.6 Å². The van der Waals surface area contributed by atoms with E-state index in [1.807, 2.05) is 0 Å². The first kappa shape index (κ1) is 13.8. The van der Waals surface area contributed by atoms with Gasteiger partial charge in [-0.05, 0) is 93.5 Å². The molecule has 122 valence electrons. The van der Waals surface area contributed by atoms with Gasteiger partial charge in [-0.3, -0.25) is 4.79 Å². The van der Waals surface area contributed by atoms with Gasteiger partial charge < -0.3 is 10.2 Å². The zero-order valence-electron chi connectivity index (χ0n) is 13.7. The average molecular weight is 302 g/mol. The lowest BCUT2D eigenvalue weighted by atomic mass is 9.49. The Morgan fingerprint density at radius 2 is 1.59 bits per heavy atom.